The third-order valence-electron chi connectivity index (χ3n) is 4.93. The van der Waals surface area contributed by atoms with Crippen LogP contribution in [0.25, 0.3) is 0 Å². The summed E-state index contributed by atoms with van der Waals surface area (Å²) in [7, 11) is 0.200. The first-order valence-corrected chi connectivity index (χ1v) is 12.0. The molecule has 0 aromatic heterocycles. The molecule has 180 valence electrons. The summed E-state index contributed by atoms with van der Waals surface area (Å²) in [5.41, 5.74) is 1.14. The number of nitrogens with one attached hydrogen (secondary N) is 1. The van der Waals surface area contributed by atoms with Crippen molar-refractivity contribution in [1.29, 1.82) is 0 Å². The van der Waals surface area contributed by atoms with Crippen LogP contribution in [0.1, 0.15) is 5.56 Å². The predicted molar refractivity (Wildman–Crippen MR) is 130 cm³/mol. The Kier molecular flexibility index (Phi) is 8.38. The van der Waals surface area contributed by atoms with Crippen molar-refractivity contribution in [2.75, 3.05) is 33.2 Å². The van der Waals surface area contributed by atoms with Crippen molar-refractivity contribution in [3.63, 3.8) is 0 Å². The lowest BCUT2D eigenvalue weighted by atomic mass is 10.2. The lowest BCUT2D eigenvalue weighted by molar-refractivity contribution is -0.116. The summed E-state index contributed by atoms with van der Waals surface area (Å²) in [6, 6.07) is 18.2. The Bertz CT molecular complexity index is 1250. The van der Waals surface area contributed by atoms with Gasteiger partial charge in [-0.1, -0.05) is 41.9 Å². The molecule has 34 heavy (non-hydrogen) atoms. The number of amides is 1. The second-order valence-electron chi connectivity index (χ2n) is 7.17. The van der Waals surface area contributed by atoms with Gasteiger partial charge in [-0.2, -0.15) is 4.31 Å². The smallest absolute Gasteiger partial charge is 0.247 e. The number of carbonyl (C=O) groups is 1. The first-order valence-electron chi connectivity index (χ1n) is 10.2. The molecule has 3 aromatic carbocycles. The molecule has 0 fully saturated rings. The molecule has 0 aliphatic rings. The van der Waals surface area contributed by atoms with Crippen LogP contribution in [0.2, 0.25) is 5.02 Å². The second-order valence-corrected chi connectivity index (χ2v) is 9.51. The average Bonchev–Trinajstić information content (AvgIpc) is 2.84. The van der Waals surface area contributed by atoms with Crippen LogP contribution < -0.4 is 19.5 Å². The summed E-state index contributed by atoms with van der Waals surface area (Å²) in [5, 5.41) is 2.94. The van der Waals surface area contributed by atoms with Gasteiger partial charge in [-0.05, 0) is 35.9 Å². The van der Waals surface area contributed by atoms with Gasteiger partial charge in [0, 0.05) is 23.3 Å². The Morgan fingerprint density at radius 2 is 1.53 bits per heavy atom. The van der Waals surface area contributed by atoms with E-state index in [0.717, 1.165) is 4.31 Å². The predicted octanol–water partition coefficient (Wildman–Crippen LogP) is 4.20. The minimum absolute atomic E-state index is 0.0296. The van der Waals surface area contributed by atoms with Crippen LogP contribution >= 0.6 is 11.6 Å². The molecule has 0 spiro atoms. The highest BCUT2D eigenvalue weighted by atomic mass is 35.5. The van der Waals surface area contributed by atoms with E-state index < -0.39 is 22.5 Å². The number of hydrogen-bond acceptors (Lipinski definition) is 6. The van der Waals surface area contributed by atoms with Gasteiger partial charge in [-0.25, -0.2) is 8.42 Å². The van der Waals surface area contributed by atoms with Crippen LogP contribution in [0.15, 0.2) is 71.6 Å². The van der Waals surface area contributed by atoms with Gasteiger partial charge in [0.2, 0.25) is 15.9 Å². The van der Waals surface area contributed by atoms with Gasteiger partial charge in [0.1, 0.15) is 10.6 Å². The van der Waals surface area contributed by atoms with Gasteiger partial charge >= 0.3 is 0 Å². The highest BCUT2D eigenvalue weighted by Gasteiger charge is 2.30. The minimum Gasteiger partial charge on any atom is -0.495 e. The number of nitrogens with zero attached hydrogens (tertiary/aromatic N) is 1. The third-order valence-corrected chi connectivity index (χ3v) is 6.98. The van der Waals surface area contributed by atoms with Crippen LogP contribution in [0, 0.1) is 0 Å². The quantitative estimate of drug-likeness (QED) is 0.445. The molecule has 0 saturated heterocycles. The molecule has 0 saturated carbocycles. The molecule has 0 aliphatic heterocycles. The zero-order valence-corrected chi connectivity index (χ0v) is 20.5. The van der Waals surface area contributed by atoms with E-state index >= 15 is 0 Å². The first-order chi connectivity index (χ1) is 16.3. The molecule has 0 unspecified atom stereocenters. The molecular formula is C24H25ClN2O6S. The van der Waals surface area contributed by atoms with Crippen molar-refractivity contribution in [2.45, 2.75) is 11.4 Å². The zero-order valence-electron chi connectivity index (χ0n) is 18.9. The summed E-state index contributed by atoms with van der Waals surface area (Å²) in [6.07, 6.45) is 0. The molecule has 0 bridgehead atoms. The van der Waals surface area contributed by atoms with Crippen LogP contribution in [-0.4, -0.2) is 46.5 Å². The fraction of sp³-hybridized carbons (Fsp3) is 0.208. The molecule has 10 heteroatoms. The number of hydrogen-bond donors (Lipinski definition) is 1. The molecule has 0 aliphatic carbocycles. The van der Waals surface area contributed by atoms with Crippen molar-refractivity contribution in [3.8, 4) is 17.2 Å². The average molecular weight is 505 g/mol. The van der Waals surface area contributed by atoms with E-state index in [9.17, 15) is 13.2 Å². The van der Waals surface area contributed by atoms with Gasteiger partial charge in [0.15, 0.2) is 11.5 Å². The van der Waals surface area contributed by atoms with E-state index in [1.54, 1.807) is 42.5 Å². The van der Waals surface area contributed by atoms with Crippen molar-refractivity contribution in [3.05, 3.63) is 77.3 Å². The Morgan fingerprint density at radius 3 is 2.18 bits per heavy atom. The fourth-order valence-corrected chi connectivity index (χ4v) is 5.08. The van der Waals surface area contributed by atoms with Crippen LogP contribution in [0.5, 0.6) is 17.2 Å². The first kappa shape index (κ1) is 25.4. The normalized spacial score (nSPS) is 11.2. The summed E-state index contributed by atoms with van der Waals surface area (Å²) in [6.45, 7) is -0.473. The summed E-state index contributed by atoms with van der Waals surface area (Å²) < 4.78 is 44.0. The van der Waals surface area contributed by atoms with E-state index in [2.05, 4.69) is 5.32 Å². The number of anilines is 1. The fourth-order valence-electron chi connectivity index (χ4n) is 3.28. The molecular weight excluding hydrogens is 480 g/mol. The minimum atomic E-state index is -4.16. The maximum atomic E-state index is 13.6. The van der Waals surface area contributed by atoms with Crippen molar-refractivity contribution >= 4 is 33.2 Å². The number of sulfonamides is 1. The largest absolute Gasteiger partial charge is 0.495 e. The van der Waals surface area contributed by atoms with Gasteiger partial charge in [-0.15, -0.1) is 0 Å². The van der Waals surface area contributed by atoms with E-state index in [0.29, 0.717) is 22.7 Å². The molecule has 3 aromatic rings. The summed E-state index contributed by atoms with van der Waals surface area (Å²) in [5.74, 6) is 0.523. The molecule has 8 nitrogen and oxygen atoms in total. The molecule has 1 N–H and O–H groups in total. The molecule has 1 amide bonds. The number of halogens is 1. The standard InChI is InChI=1S/C24H25ClN2O6S/c1-31-20-12-10-19(14-22(20)33-3)26-24(28)16-27(15-17-7-5-4-6-8-17)34(29,30)23-13-18(25)9-11-21(23)32-2/h4-14H,15-16H2,1-3H3,(H,26,28). The monoisotopic (exact) mass is 504 g/mol. The van der Waals surface area contributed by atoms with Gasteiger partial charge in [0.25, 0.3) is 0 Å². The Balaban J connectivity index is 1.92. The highest BCUT2D eigenvalue weighted by Crippen LogP contribution is 2.31. The molecule has 3 rings (SSSR count). The SMILES string of the molecule is COc1ccc(NC(=O)CN(Cc2ccccc2)S(=O)(=O)c2cc(Cl)ccc2OC)cc1OC. The maximum absolute atomic E-state index is 13.6. The van der Waals surface area contributed by atoms with Gasteiger partial charge in [-0.3, -0.25) is 4.79 Å². The number of ether oxygens (including phenoxy) is 3. The van der Waals surface area contributed by atoms with Crippen LogP contribution in [0.3, 0.4) is 0 Å². The van der Waals surface area contributed by atoms with E-state index in [-0.39, 0.29) is 22.2 Å². The van der Waals surface area contributed by atoms with Crippen LogP contribution in [0.4, 0.5) is 5.69 Å². The highest BCUT2D eigenvalue weighted by molar-refractivity contribution is 7.89. The number of rotatable bonds is 10. The third kappa shape index (κ3) is 5.99. The lowest BCUT2D eigenvalue weighted by Gasteiger charge is -2.23. The van der Waals surface area contributed by atoms with Crippen molar-refractivity contribution < 1.29 is 27.4 Å². The Hall–Kier alpha value is -3.27. The maximum Gasteiger partial charge on any atom is 0.247 e. The van der Waals surface area contributed by atoms with Crippen LogP contribution in [-0.2, 0) is 21.4 Å². The number of benzene rings is 3. The Morgan fingerprint density at radius 1 is 0.882 bits per heavy atom. The Labute approximate surface area is 204 Å². The lowest BCUT2D eigenvalue weighted by Crippen LogP contribution is -2.37. The number of carbonyl (C=O) groups excluding carboxylic acids is 1. The molecule has 0 radical (unpaired) electrons. The van der Waals surface area contributed by atoms with Crippen molar-refractivity contribution in [2.24, 2.45) is 0 Å². The summed E-state index contributed by atoms with van der Waals surface area (Å²) >= 11 is 6.07. The van der Waals surface area contributed by atoms with Gasteiger partial charge < -0.3 is 19.5 Å². The topological polar surface area (TPSA) is 94.2 Å². The van der Waals surface area contributed by atoms with E-state index in [1.807, 2.05) is 6.07 Å². The second kappa shape index (κ2) is 11.2. The molecule has 0 atom stereocenters. The summed E-state index contributed by atoms with van der Waals surface area (Å²) in [4.78, 5) is 12.8. The van der Waals surface area contributed by atoms with E-state index in [1.165, 1.54) is 39.5 Å². The molecule has 0 heterocycles. The van der Waals surface area contributed by atoms with Gasteiger partial charge in [0.05, 0.1) is 27.9 Å². The number of methoxy groups -OCH3 is 3. The zero-order chi connectivity index (χ0) is 24.7. The van der Waals surface area contributed by atoms with Crippen molar-refractivity contribution in [1.82, 2.24) is 4.31 Å². The van der Waals surface area contributed by atoms with E-state index in [4.69, 9.17) is 25.8 Å².